The number of amides is 2. The standard InChI is InChI=1S/C25H30N2O6.C2HF3O2/c1-14(28)26-20(31)7-11-32-25-8-6-18(30)23-24(25)9-10-27(13-15-2-3-15)19(25)12-16-4-5-17(29)22(33-23)21(16)24;3-2(4,5)1(6)7/h4-5,15,19,23,29H,2-3,6-13H2,1H3,(H,26,28,31);(H,6,7)/t19-,23+,24+,25?;/m1./s1. The molecule has 13 heteroatoms. The Bertz CT molecular complexity index is 1250. The summed E-state index contributed by atoms with van der Waals surface area (Å²) in [5.41, 5.74) is 0.725. The van der Waals surface area contributed by atoms with E-state index in [0.29, 0.717) is 18.6 Å². The number of carboxylic acid groups (broad SMARTS) is 1. The molecule has 40 heavy (non-hydrogen) atoms. The third kappa shape index (κ3) is 4.62. The Hall–Kier alpha value is -3.19. The van der Waals surface area contributed by atoms with E-state index in [0.717, 1.165) is 43.0 Å². The van der Waals surface area contributed by atoms with Gasteiger partial charge < -0.3 is 19.7 Å². The van der Waals surface area contributed by atoms with Crippen molar-refractivity contribution in [1.82, 2.24) is 10.2 Å². The number of carbonyl (C=O) groups is 4. The molecule has 1 unspecified atom stereocenters. The average molecular weight is 569 g/mol. The Balaban J connectivity index is 0.000000411. The molecule has 6 rings (SSSR count). The van der Waals surface area contributed by atoms with Gasteiger partial charge in [-0.05, 0) is 56.2 Å². The Kier molecular flexibility index (Phi) is 7.10. The van der Waals surface area contributed by atoms with Crippen LogP contribution in [0.4, 0.5) is 13.2 Å². The lowest BCUT2D eigenvalue weighted by molar-refractivity contribution is -0.213. The number of imide groups is 1. The van der Waals surface area contributed by atoms with Crippen LogP contribution >= 0.6 is 0 Å². The number of alkyl halides is 3. The SMILES string of the molecule is CC(=O)NC(=O)CCOC12CCC(=O)[C@@H]3Oc4c(O)ccc5c4[C@@]31CCN(CC1CC1)[C@@H]2C5.O=C(O)C(F)(F)F. The van der Waals surface area contributed by atoms with Gasteiger partial charge in [-0.1, -0.05) is 6.07 Å². The zero-order chi connectivity index (χ0) is 29.0. The highest BCUT2D eigenvalue weighted by Crippen LogP contribution is 2.66. The number of nitrogens with one attached hydrogen (secondary N) is 1. The van der Waals surface area contributed by atoms with E-state index in [1.165, 1.54) is 19.8 Å². The summed E-state index contributed by atoms with van der Waals surface area (Å²) in [6.45, 7) is 3.37. The highest BCUT2D eigenvalue weighted by Gasteiger charge is 2.74. The number of hydrogen-bond acceptors (Lipinski definition) is 8. The van der Waals surface area contributed by atoms with E-state index in [1.54, 1.807) is 6.07 Å². The first-order valence-electron chi connectivity index (χ1n) is 13.3. The molecule has 1 aromatic carbocycles. The predicted molar refractivity (Wildman–Crippen MR) is 131 cm³/mol. The number of hydrogen-bond donors (Lipinski definition) is 3. The Labute approximate surface area is 227 Å². The maximum atomic E-state index is 13.2. The van der Waals surface area contributed by atoms with Gasteiger partial charge >= 0.3 is 12.1 Å². The minimum Gasteiger partial charge on any atom is -0.504 e. The smallest absolute Gasteiger partial charge is 0.490 e. The van der Waals surface area contributed by atoms with E-state index in [9.17, 15) is 32.7 Å². The monoisotopic (exact) mass is 568 g/mol. The van der Waals surface area contributed by atoms with Crippen LogP contribution in [0.5, 0.6) is 11.5 Å². The van der Waals surface area contributed by atoms with Crippen LogP contribution < -0.4 is 10.1 Å². The molecule has 0 radical (unpaired) electrons. The van der Waals surface area contributed by atoms with Gasteiger partial charge in [0, 0.05) is 31.5 Å². The molecule has 1 aromatic rings. The van der Waals surface area contributed by atoms with Gasteiger partial charge in [-0.2, -0.15) is 13.2 Å². The summed E-state index contributed by atoms with van der Waals surface area (Å²) >= 11 is 0. The Morgan fingerprint density at radius 2 is 1.93 bits per heavy atom. The van der Waals surface area contributed by atoms with Gasteiger partial charge in [0.1, 0.15) is 0 Å². The van der Waals surface area contributed by atoms with E-state index >= 15 is 0 Å². The second-order valence-corrected chi connectivity index (χ2v) is 11.2. The number of likely N-dealkylation sites (tertiary alicyclic amines) is 1. The van der Waals surface area contributed by atoms with E-state index < -0.39 is 29.3 Å². The normalized spacial score (nSPS) is 29.9. The van der Waals surface area contributed by atoms with Crippen molar-refractivity contribution < 1.29 is 52.0 Å². The number of aliphatic carboxylic acids is 1. The maximum absolute atomic E-state index is 13.2. The van der Waals surface area contributed by atoms with Crippen molar-refractivity contribution in [2.24, 2.45) is 5.92 Å². The minimum absolute atomic E-state index is 0.0568. The number of piperidine rings is 1. The van der Waals surface area contributed by atoms with E-state index in [-0.39, 0.29) is 42.4 Å². The molecule has 2 bridgehead atoms. The second kappa shape index (κ2) is 10.0. The summed E-state index contributed by atoms with van der Waals surface area (Å²) in [4.78, 5) is 48.0. The molecule has 218 valence electrons. The number of benzene rings is 1. The molecule has 2 heterocycles. The number of nitrogens with zero attached hydrogens (tertiary/aromatic N) is 1. The number of halogens is 3. The van der Waals surface area contributed by atoms with Crippen LogP contribution in [-0.4, -0.2) is 82.3 Å². The molecule has 2 amide bonds. The number of carbonyl (C=O) groups excluding carboxylic acids is 3. The van der Waals surface area contributed by atoms with Gasteiger partial charge in [0.05, 0.1) is 24.0 Å². The first-order chi connectivity index (χ1) is 18.8. The lowest BCUT2D eigenvalue weighted by atomic mass is 9.48. The Morgan fingerprint density at radius 3 is 2.55 bits per heavy atom. The first kappa shape index (κ1) is 28.3. The number of phenols is 1. The zero-order valence-corrected chi connectivity index (χ0v) is 21.9. The molecule has 4 atom stereocenters. The maximum Gasteiger partial charge on any atom is 0.490 e. The number of ketones is 1. The first-order valence-corrected chi connectivity index (χ1v) is 13.3. The van der Waals surface area contributed by atoms with Gasteiger partial charge in [-0.15, -0.1) is 0 Å². The molecular formula is C27H31F3N2O8. The molecule has 5 aliphatic rings. The number of Topliss-reactive ketones (excluding diaryl/α,β-unsaturated/α-hetero) is 1. The van der Waals surface area contributed by atoms with Gasteiger partial charge in [-0.25, -0.2) is 4.79 Å². The van der Waals surface area contributed by atoms with Crippen LogP contribution in [0.1, 0.15) is 56.6 Å². The van der Waals surface area contributed by atoms with Crippen LogP contribution in [0, 0.1) is 5.92 Å². The fourth-order valence-corrected chi connectivity index (χ4v) is 7.11. The minimum atomic E-state index is -5.08. The van der Waals surface area contributed by atoms with E-state index in [2.05, 4.69) is 10.2 Å². The van der Waals surface area contributed by atoms with Crippen LogP contribution in [0.25, 0.3) is 0 Å². The summed E-state index contributed by atoms with van der Waals surface area (Å²) in [5.74, 6) is -2.23. The van der Waals surface area contributed by atoms with Gasteiger partial charge in [0.25, 0.3) is 0 Å². The van der Waals surface area contributed by atoms with Gasteiger partial charge in [0.15, 0.2) is 23.4 Å². The van der Waals surface area contributed by atoms with Gasteiger partial charge in [0.2, 0.25) is 11.8 Å². The van der Waals surface area contributed by atoms with Crippen molar-refractivity contribution in [1.29, 1.82) is 0 Å². The Morgan fingerprint density at radius 1 is 1.23 bits per heavy atom. The van der Waals surface area contributed by atoms with Crippen LogP contribution in [0.3, 0.4) is 0 Å². The number of phenolic OH excluding ortho intramolecular Hbond substituents is 1. The molecular weight excluding hydrogens is 537 g/mol. The van der Waals surface area contributed by atoms with E-state index in [1.807, 2.05) is 6.07 Å². The lowest BCUT2D eigenvalue weighted by Gasteiger charge is -2.64. The van der Waals surface area contributed by atoms with Crippen molar-refractivity contribution in [2.45, 2.75) is 81.2 Å². The fraction of sp³-hybridized carbons (Fsp3) is 0.630. The van der Waals surface area contributed by atoms with Crippen LogP contribution in [-0.2, 0) is 35.8 Å². The summed E-state index contributed by atoms with van der Waals surface area (Å²) in [6.07, 6.45) is -0.767. The summed E-state index contributed by atoms with van der Waals surface area (Å²) in [6, 6.07) is 3.72. The van der Waals surface area contributed by atoms with Crippen molar-refractivity contribution >= 4 is 23.6 Å². The predicted octanol–water partition coefficient (Wildman–Crippen LogP) is 2.24. The van der Waals surface area contributed by atoms with Crippen LogP contribution in [0.15, 0.2) is 12.1 Å². The van der Waals surface area contributed by atoms with Crippen molar-refractivity contribution in [3.8, 4) is 11.5 Å². The highest BCUT2D eigenvalue weighted by molar-refractivity contribution is 5.94. The topological polar surface area (TPSA) is 142 Å². The number of rotatable bonds is 6. The molecule has 0 aromatic heterocycles. The van der Waals surface area contributed by atoms with Crippen molar-refractivity contribution in [2.75, 3.05) is 19.7 Å². The molecule has 3 N–H and O–H groups in total. The quantitative estimate of drug-likeness (QED) is 0.471. The summed E-state index contributed by atoms with van der Waals surface area (Å²) < 4.78 is 44.7. The molecule has 3 aliphatic carbocycles. The van der Waals surface area contributed by atoms with Gasteiger partial charge in [-0.3, -0.25) is 24.6 Å². The van der Waals surface area contributed by atoms with Crippen molar-refractivity contribution in [3.05, 3.63) is 23.3 Å². The third-order valence-corrected chi connectivity index (χ3v) is 8.76. The molecule has 1 saturated heterocycles. The number of aromatic hydroxyl groups is 1. The third-order valence-electron chi connectivity index (χ3n) is 8.76. The largest absolute Gasteiger partial charge is 0.504 e. The highest BCUT2D eigenvalue weighted by atomic mass is 19.4. The molecule has 2 saturated carbocycles. The zero-order valence-electron chi connectivity index (χ0n) is 21.9. The van der Waals surface area contributed by atoms with E-state index in [4.69, 9.17) is 19.4 Å². The molecule has 2 aliphatic heterocycles. The van der Waals surface area contributed by atoms with Crippen LogP contribution in [0.2, 0.25) is 0 Å². The summed E-state index contributed by atoms with van der Waals surface area (Å²) in [5, 5.41) is 20.1. The van der Waals surface area contributed by atoms with Crippen molar-refractivity contribution in [3.63, 3.8) is 0 Å². The second-order valence-electron chi connectivity index (χ2n) is 11.2. The average Bonchev–Trinajstić information content (AvgIpc) is 3.60. The summed E-state index contributed by atoms with van der Waals surface area (Å²) in [7, 11) is 0. The number of carboxylic acids is 1. The molecule has 1 spiro atoms. The molecule has 3 fully saturated rings. The molecule has 10 nitrogen and oxygen atoms in total. The number of ether oxygens (including phenoxy) is 2. The lowest BCUT2D eigenvalue weighted by Crippen LogP contribution is -2.77. The fourth-order valence-electron chi connectivity index (χ4n) is 7.11.